The Morgan fingerprint density at radius 3 is 2.71 bits per heavy atom. The molecule has 0 atom stereocenters. The molecule has 5 heteroatoms. The van der Waals surface area contributed by atoms with Crippen molar-refractivity contribution in [1.29, 1.82) is 0 Å². The first-order chi connectivity index (χ1) is 10.1. The first-order valence-electron chi connectivity index (χ1n) is 6.72. The lowest BCUT2D eigenvalue weighted by Crippen LogP contribution is -2.18. The SMILES string of the molecule is CNC(=O)c1cc(-c2cnn(C)c2C)nc2ccccc12. The summed E-state index contributed by atoms with van der Waals surface area (Å²) in [5.41, 5.74) is 4.14. The zero-order valence-corrected chi connectivity index (χ0v) is 12.2. The van der Waals surface area contributed by atoms with Gasteiger partial charge in [0.25, 0.3) is 5.91 Å². The first-order valence-corrected chi connectivity index (χ1v) is 6.72. The highest BCUT2D eigenvalue weighted by molar-refractivity contribution is 6.07. The molecule has 5 nitrogen and oxygen atoms in total. The molecule has 2 heterocycles. The third-order valence-corrected chi connectivity index (χ3v) is 3.70. The minimum absolute atomic E-state index is 0.114. The maximum atomic E-state index is 12.1. The van der Waals surface area contributed by atoms with Gasteiger partial charge in [-0.05, 0) is 19.1 Å². The van der Waals surface area contributed by atoms with Crippen molar-refractivity contribution >= 4 is 16.8 Å². The normalized spacial score (nSPS) is 10.8. The van der Waals surface area contributed by atoms with Crippen LogP contribution in [-0.2, 0) is 7.05 Å². The fourth-order valence-electron chi connectivity index (χ4n) is 2.39. The number of pyridine rings is 1. The third-order valence-electron chi connectivity index (χ3n) is 3.70. The first kappa shape index (κ1) is 13.3. The van der Waals surface area contributed by atoms with Crippen LogP contribution in [-0.4, -0.2) is 27.7 Å². The predicted octanol–water partition coefficient (Wildman–Crippen LogP) is 2.30. The fourth-order valence-corrected chi connectivity index (χ4v) is 2.39. The van der Waals surface area contributed by atoms with Gasteiger partial charge < -0.3 is 5.32 Å². The Morgan fingerprint density at radius 2 is 2.05 bits per heavy atom. The van der Waals surface area contributed by atoms with Crippen LogP contribution in [0.15, 0.2) is 36.5 Å². The summed E-state index contributed by atoms with van der Waals surface area (Å²) >= 11 is 0. The van der Waals surface area contributed by atoms with E-state index in [1.807, 2.05) is 44.3 Å². The molecule has 0 unspecified atom stereocenters. The number of aromatic nitrogens is 3. The lowest BCUT2D eigenvalue weighted by Gasteiger charge is -2.08. The molecule has 0 radical (unpaired) electrons. The summed E-state index contributed by atoms with van der Waals surface area (Å²) in [6, 6.07) is 9.48. The number of benzene rings is 1. The molecule has 0 aliphatic rings. The van der Waals surface area contributed by atoms with Crippen LogP contribution in [0.4, 0.5) is 0 Å². The highest BCUT2D eigenvalue weighted by Gasteiger charge is 2.15. The number of amides is 1. The third kappa shape index (κ3) is 2.16. The molecule has 106 valence electrons. The average molecular weight is 280 g/mol. The Kier molecular flexibility index (Phi) is 3.17. The summed E-state index contributed by atoms with van der Waals surface area (Å²) in [5, 5.41) is 7.78. The Morgan fingerprint density at radius 1 is 1.29 bits per heavy atom. The van der Waals surface area contributed by atoms with Gasteiger partial charge in [-0.1, -0.05) is 18.2 Å². The van der Waals surface area contributed by atoms with Crippen LogP contribution in [0.5, 0.6) is 0 Å². The lowest BCUT2D eigenvalue weighted by molar-refractivity contribution is 0.0964. The van der Waals surface area contributed by atoms with E-state index >= 15 is 0 Å². The van der Waals surface area contributed by atoms with Gasteiger partial charge in [-0.2, -0.15) is 5.10 Å². The summed E-state index contributed by atoms with van der Waals surface area (Å²) in [6.45, 7) is 1.98. The van der Waals surface area contributed by atoms with Gasteiger partial charge in [0.05, 0.1) is 23.0 Å². The highest BCUT2D eigenvalue weighted by Crippen LogP contribution is 2.26. The number of nitrogens with zero attached hydrogens (tertiary/aromatic N) is 3. The van der Waals surface area contributed by atoms with Gasteiger partial charge in [0.15, 0.2) is 0 Å². The fraction of sp³-hybridized carbons (Fsp3) is 0.188. The quantitative estimate of drug-likeness (QED) is 0.783. The summed E-state index contributed by atoms with van der Waals surface area (Å²) < 4.78 is 1.80. The molecule has 21 heavy (non-hydrogen) atoms. The van der Waals surface area contributed by atoms with E-state index < -0.39 is 0 Å². The Labute approximate surface area is 122 Å². The van der Waals surface area contributed by atoms with E-state index in [1.165, 1.54) is 0 Å². The number of hydrogen-bond donors (Lipinski definition) is 1. The molecule has 1 N–H and O–H groups in total. The largest absolute Gasteiger partial charge is 0.355 e. The van der Waals surface area contributed by atoms with Gasteiger partial charge in [0.2, 0.25) is 0 Å². The molecule has 1 amide bonds. The number of fused-ring (bicyclic) bond motifs is 1. The van der Waals surface area contributed by atoms with Crippen LogP contribution < -0.4 is 5.32 Å². The van der Waals surface area contributed by atoms with E-state index in [9.17, 15) is 4.79 Å². The van der Waals surface area contributed by atoms with Gasteiger partial charge in [-0.15, -0.1) is 0 Å². The summed E-state index contributed by atoms with van der Waals surface area (Å²) in [6.07, 6.45) is 1.78. The number of para-hydroxylation sites is 1. The number of hydrogen-bond acceptors (Lipinski definition) is 3. The van der Waals surface area contributed by atoms with E-state index in [0.717, 1.165) is 27.9 Å². The molecular weight excluding hydrogens is 264 g/mol. The Hall–Kier alpha value is -2.69. The number of carbonyl (C=O) groups is 1. The summed E-state index contributed by atoms with van der Waals surface area (Å²) in [4.78, 5) is 16.8. The molecule has 0 fully saturated rings. The van der Waals surface area contributed by atoms with Gasteiger partial charge >= 0.3 is 0 Å². The molecule has 0 saturated heterocycles. The van der Waals surface area contributed by atoms with Gasteiger partial charge in [0.1, 0.15) is 0 Å². The molecule has 0 spiro atoms. The predicted molar refractivity (Wildman–Crippen MR) is 82.1 cm³/mol. The topological polar surface area (TPSA) is 59.8 Å². The van der Waals surface area contributed by atoms with Gasteiger partial charge in [-0.3, -0.25) is 9.48 Å². The van der Waals surface area contributed by atoms with Crippen LogP contribution in [0, 0.1) is 6.92 Å². The molecule has 0 bridgehead atoms. The van der Waals surface area contributed by atoms with Crippen molar-refractivity contribution in [2.24, 2.45) is 7.05 Å². The second-order valence-electron chi connectivity index (χ2n) is 4.92. The van der Waals surface area contributed by atoms with Crippen LogP contribution in [0.25, 0.3) is 22.2 Å². The monoisotopic (exact) mass is 280 g/mol. The molecule has 1 aromatic carbocycles. The minimum atomic E-state index is -0.114. The highest BCUT2D eigenvalue weighted by atomic mass is 16.1. The summed E-state index contributed by atoms with van der Waals surface area (Å²) in [7, 11) is 3.52. The van der Waals surface area contributed by atoms with E-state index in [0.29, 0.717) is 5.56 Å². The van der Waals surface area contributed by atoms with Crippen LogP contribution in [0.1, 0.15) is 16.1 Å². The van der Waals surface area contributed by atoms with Crippen molar-refractivity contribution in [2.75, 3.05) is 7.05 Å². The zero-order valence-electron chi connectivity index (χ0n) is 12.2. The van der Waals surface area contributed by atoms with Crippen molar-refractivity contribution < 1.29 is 4.79 Å². The molecule has 0 saturated carbocycles. The van der Waals surface area contributed by atoms with E-state index in [-0.39, 0.29) is 5.91 Å². The number of aryl methyl sites for hydroxylation is 1. The molecule has 3 rings (SSSR count). The molecule has 2 aromatic heterocycles. The standard InChI is InChI=1S/C16H16N4O/c1-10-13(9-18-20(10)3)15-8-12(16(21)17-2)11-6-4-5-7-14(11)19-15/h4-9H,1-3H3,(H,17,21). The Bertz CT molecular complexity index is 835. The maximum absolute atomic E-state index is 12.1. The molecule has 0 aliphatic heterocycles. The Balaban J connectivity index is 2.30. The minimum Gasteiger partial charge on any atom is -0.355 e. The maximum Gasteiger partial charge on any atom is 0.251 e. The average Bonchev–Trinajstić information content (AvgIpc) is 2.85. The van der Waals surface area contributed by atoms with E-state index in [2.05, 4.69) is 15.4 Å². The van der Waals surface area contributed by atoms with E-state index in [1.54, 1.807) is 17.9 Å². The molecule has 0 aliphatic carbocycles. The number of carbonyl (C=O) groups excluding carboxylic acids is 1. The second kappa shape index (κ2) is 5.01. The van der Waals surface area contributed by atoms with Crippen molar-refractivity contribution in [1.82, 2.24) is 20.1 Å². The second-order valence-corrected chi connectivity index (χ2v) is 4.92. The summed E-state index contributed by atoms with van der Waals surface area (Å²) in [5.74, 6) is -0.114. The van der Waals surface area contributed by atoms with Crippen molar-refractivity contribution in [3.63, 3.8) is 0 Å². The van der Waals surface area contributed by atoms with Crippen LogP contribution in [0.2, 0.25) is 0 Å². The van der Waals surface area contributed by atoms with Crippen LogP contribution >= 0.6 is 0 Å². The van der Waals surface area contributed by atoms with Gasteiger partial charge in [-0.25, -0.2) is 4.98 Å². The number of nitrogens with one attached hydrogen (secondary N) is 1. The van der Waals surface area contributed by atoms with Crippen molar-refractivity contribution in [3.05, 3.63) is 47.8 Å². The molecular formula is C16H16N4O. The molecule has 3 aromatic rings. The van der Waals surface area contributed by atoms with Crippen molar-refractivity contribution in [3.8, 4) is 11.3 Å². The van der Waals surface area contributed by atoms with E-state index in [4.69, 9.17) is 0 Å². The lowest BCUT2D eigenvalue weighted by atomic mass is 10.0. The van der Waals surface area contributed by atoms with Crippen molar-refractivity contribution in [2.45, 2.75) is 6.92 Å². The zero-order chi connectivity index (χ0) is 15.0. The van der Waals surface area contributed by atoms with Gasteiger partial charge in [0, 0.05) is 30.7 Å². The number of rotatable bonds is 2. The smallest absolute Gasteiger partial charge is 0.251 e. The van der Waals surface area contributed by atoms with Crippen LogP contribution in [0.3, 0.4) is 0 Å².